The first-order valence-electron chi connectivity index (χ1n) is 9.26. The highest BCUT2D eigenvalue weighted by Crippen LogP contribution is 2.24. The van der Waals surface area contributed by atoms with Crippen molar-refractivity contribution in [2.75, 3.05) is 27.4 Å². The van der Waals surface area contributed by atoms with Crippen LogP contribution in [0, 0.1) is 0 Å². The first kappa shape index (κ1) is 24.6. The molecule has 158 valence electrons. The van der Waals surface area contributed by atoms with Crippen molar-refractivity contribution in [2.45, 2.75) is 20.0 Å². The van der Waals surface area contributed by atoms with E-state index in [2.05, 4.69) is 22.2 Å². The lowest BCUT2D eigenvalue weighted by Crippen LogP contribution is -2.36. The highest BCUT2D eigenvalue weighted by molar-refractivity contribution is 14.0. The molecule has 2 aromatic carbocycles. The summed E-state index contributed by atoms with van der Waals surface area (Å²) < 4.78 is 16.4. The van der Waals surface area contributed by atoms with Gasteiger partial charge in [0.1, 0.15) is 23.9 Å². The minimum absolute atomic E-state index is 0. The van der Waals surface area contributed by atoms with Crippen molar-refractivity contribution in [3.05, 3.63) is 66.2 Å². The van der Waals surface area contributed by atoms with E-state index in [1.54, 1.807) is 20.3 Å². The maximum absolute atomic E-state index is 5.70. The predicted molar refractivity (Wildman–Crippen MR) is 129 cm³/mol. The number of aliphatic imine (C=N–C) groups is 1. The lowest BCUT2D eigenvalue weighted by molar-refractivity contribution is 0.359. The second kappa shape index (κ2) is 13.7. The SMILES string of the molecule is C=CCOc1ccccc1CN=C(NCC)NCc1ccc(OC)cc1OC.I. The van der Waals surface area contributed by atoms with Gasteiger partial charge in [0, 0.05) is 30.3 Å². The molecule has 7 heteroatoms. The largest absolute Gasteiger partial charge is 0.497 e. The van der Waals surface area contributed by atoms with Gasteiger partial charge in [0.15, 0.2) is 5.96 Å². The van der Waals surface area contributed by atoms with Crippen LogP contribution in [0.1, 0.15) is 18.1 Å². The van der Waals surface area contributed by atoms with Crippen LogP contribution in [0.15, 0.2) is 60.1 Å². The van der Waals surface area contributed by atoms with Gasteiger partial charge in [-0.2, -0.15) is 0 Å². The van der Waals surface area contributed by atoms with E-state index in [1.807, 2.05) is 49.4 Å². The molecule has 0 radical (unpaired) electrons. The molecule has 0 aliphatic carbocycles. The van der Waals surface area contributed by atoms with Gasteiger partial charge >= 0.3 is 0 Å². The summed E-state index contributed by atoms with van der Waals surface area (Å²) in [6.07, 6.45) is 1.73. The Morgan fingerprint density at radius 1 is 1.03 bits per heavy atom. The third-order valence-electron chi connectivity index (χ3n) is 4.02. The zero-order valence-corrected chi connectivity index (χ0v) is 19.6. The number of nitrogens with one attached hydrogen (secondary N) is 2. The van der Waals surface area contributed by atoms with Crippen molar-refractivity contribution in [3.63, 3.8) is 0 Å². The standard InChI is InChI=1S/C22H29N3O3.HI/c1-5-13-28-20-10-8-7-9-17(20)15-24-22(23-6-2)25-16-18-11-12-19(26-3)14-21(18)27-4;/h5,7-12,14H,1,6,13,15-16H2,2-4H3,(H2,23,24,25);1H. The summed E-state index contributed by atoms with van der Waals surface area (Å²) in [6.45, 7) is 8.04. The number of rotatable bonds is 10. The van der Waals surface area contributed by atoms with E-state index in [9.17, 15) is 0 Å². The first-order valence-corrected chi connectivity index (χ1v) is 9.26. The molecule has 6 nitrogen and oxygen atoms in total. The second-order valence-corrected chi connectivity index (χ2v) is 5.93. The van der Waals surface area contributed by atoms with Gasteiger partial charge < -0.3 is 24.8 Å². The quantitative estimate of drug-likeness (QED) is 0.217. The van der Waals surface area contributed by atoms with Gasteiger partial charge in [-0.05, 0) is 25.1 Å². The minimum Gasteiger partial charge on any atom is -0.497 e. The number of guanidine groups is 1. The van der Waals surface area contributed by atoms with E-state index in [4.69, 9.17) is 14.2 Å². The Bertz CT molecular complexity index is 797. The van der Waals surface area contributed by atoms with Gasteiger partial charge in [-0.3, -0.25) is 0 Å². The molecular formula is C22H30IN3O3. The van der Waals surface area contributed by atoms with Crippen LogP contribution in [0.5, 0.6) is 17.2 Å². The van der Waals surface area contributed by atoms with Gasteiger partial charge in [0.25, 0.3) is 0 Å². The van der Waals surface area contributed by atoms with E-state index >= 15 is 0 Å². The molecule has 0 unspecified atom stereocenters. The molecule has 2 rings (SSSR count). The maximum atomic E-state index is 5.70. The summed E-state index contributed by atoms with van der Waals surface area (Å²) >= 11 is 0. The summed E-state index contributed by atoms with van der Waals surface area (Å²) in [7, 11) is 3.29. The molecule has 29 heavy (non-hydrogen) atoms. The number of benzene rings is 2. The number of nitrogens with zero attached hydrogens (tertiary/aromatic N) is 1. The van der Waals surface area contributed by atoms with Crippen LogP contribution >= 0.6 is 24.0 Å². The second-order valence-electron chi connectivity index (χ2n) is 5.93. The van der Waals surface area contributed by atoms with E-state index in [0.29, 0.717) is 19.7 Å². The average Bonchev–Trinajstić information content (AvgIpc) is 2.74. The number of hydrogen-bond donors (Lipinski definition) is 2. The molecule has 0 aromatic heterocycles. The van der Waals surface area contributed by atoms with E-state index in [1.165, 1.54) is 0 Å². The Hall–Kier alpha value is -2.42. The minimum atomic E-state index is 0. The average molecular weight is 511 g/mol. The lowest BCUT2D eigenvalue weighted by atomic mass is 10.2. The van der Waals surface area contributed by atoms with Crippen molar-refractivity contribution in [3.8, 4) is 17.2 Å². The molecule has 2 aromatic rings. The Labute approximate surface area is 190 Å². The Kier molecular flexibility index (Phi) is 11.6. The molecule has 0 saturated heterocycles. The van der Waals surface area contributed by atoms with Crippen LogP contribution in [0.3, 0.4) is 0 Å². The van der Waals surface area contributed by atoms with E-state index in [-0.39, 0.29) is 24.0 Å². The summed E-state index contributed by atoms with van der Waals surface area (Å²) in [5.74, 6) is 3.07. The van der Waals surface area contributed by atoms with Crippen molar-refractivity contribution < 1.29 is 14.2 Å². The first-order chi connectivity index (χ1) is 13.7. The molecule has 2 N–H and O–H groups in total. The molecule has 0 amide bonds. The van der Waals surface area contributed by atoms with Crippen LogP contribution in [0.4, 0.5) is 0 Å². The third-order valence-corrected chi connectivity index (χ3v) is 4.02. The van der Waals surface area contributed by atoms with Crippen molar-refractivity contribution in [1.29, 1.82) is 0 Å². The van der Waals surface area contributed by atoms with E-state index < -0.39 is 0 Å². The number of ether oxygens (including phenoxy) is 3. The Morgan fingerprint density at radius 2 is 1.83 bits per heavy atom. The molecule has 0 saturated carbocycles. The number of methoxy groups -OCH3 is 2. The molecule has 0 atom stereocenters. The van der Waals surface area contributed by atoms with Crippen LogP contribution in [0.25, 0.3) is 0 Å². The molecule has 0 spiro atoms. The highest BCUT2D eigenvalue weighted by Gasteiger charge is 2.07. The van der Waals surface area contributed by atoms with Crippen molar-refractivity contribution in [2.24, 2.45) is 4.99 Å². The van der Waals surface area contributed by atoms with Gasteiger partial charge in [-0.15, -0.1) is 24.0 Å². The topological polar surface area (TPSA) is 64.1 Å². The molecule has 0 aliphatic rings. The molecular weight excluding hydrogens is 481 g/mol. The van der Waals surface area contributed by atoms with Gasteiger partial charge in [-0.25, -0.2) is 4.99 Å². The molecule has 0 aliphatic heterocycles. The fourth-order valence-corrected chi connectivity index (χ4v) is 2.61. The summed E-state index contributed by atoms with van der Waals surface area (Å²) in [5, 5.41) is 6.61. The molecule has 0 fully saturated rings. The predicted octanol–water partition coefficient (Wildman–Crippen LogP) is 4.14. The van der Waals surface area contributed by atoms with Crippen LogP contribution in [-0.2, 0) is 13.1 Å². The van der Waals surface area contributed by atoms with E-state index in [0.717, 1.165) is 40.9 Å². The van der Waals surface area contributed by atoms with Crippen molar-refractivity contribution in [1.82, 2.24) is 10.6 Å². The summed E-state index contributed by atoms with van der Waals surface area (Å²) in [5.41, 5.74) is 2.03. The lowest BCUT2D eigenvalue weighted by Gasteiger charge is -2.15. The maximum Gasteiger partial charge on any atom is 0.191 e. The van der Waals surface area contributed by atoms with Gasteiger partial charge in [0.05, 0.1) is 20.8 Å². The monoisotopic (exact) mass is 511 g/mol. The van der Waals surface area contributed by atoms with Crippen LogP contribution < -0.4 is 24.8 Å². The zero-order valence-electron chi connectivity index (χ0n) is 17.2. The normalized spacial score (nSPS) is 10.5. The fourth-order valence-electron chi connectivity index (χ4n) is 2.61. The van der Waals surface area contributed by atoms with Gasteiger partial charge in [0.2, 0.25) is 0 Å². The number of para-hydroxylation sites is 1. The zero-order chi connectivity index (χ0) is 20.2. The van der Waals surface area contributed by atoms with Gasteiger partial charge in [-0.1, -0.05) is 30.9 Å². The fraction of sp³-hybridized carbons (Fsp3) is 0.318. The summed E-state index contributed by atoms with van der Waals surface area (Å²) in [4.78, 5) is 4.68. The molecule has 0 heterocycles. The summed E-state index contributed by atoms with van der Waals surface area (Å²) in [6, 6.07) is 13.6. The number of halogens is 1. The van der Waals surface area contributed by atoms with Crippen LogP contribution in [-0.4, -0.2) is 33.3 Å². The highest BCUT2D eigenvalue weighted by atomic mass is 127. The Balaban J connectivity index is 0.00000420. The molecule has 0 bridgehead atoms. The number of hydrogen-bond acceptors (Lipinski definition) is 4. The van der Waals surface area contributed by atoms with Crippen LogP contribution in [0.2, 0.25) is 0 Å². The van der Waals surface area contributed by atoms with Crippen molar-refractivity contribution >= 4 is 29.9 Å². The third kappa shape index (κ3) is 7.84. The Morgan fingerprint density at radius 3 is 2.52 bits per heavy atom. The smallest absolute Gasteiger partial charge is 0.191 e.